The molecule has 5 rings (SSSR count). The Morgan fingerprint density at radius 3 is 2.77 bits per heavy atom. The fraction of sp³-hybridized carbons (Fsp3) is 0.143. The first kappa shape index (κ1) is 17.9. The summed E-state index contributed by atoms with van der Waals surface area (Å²) in [5.74, 6) is 1.79. The van der Waals surface area contributed by atoms with E-state index < -0.39 is 5.91 Å². The maximum Gasteiger partial charge on any atom is 0.290 e. The van der Waals surface area contributed by atoms with Gasteiger partial charge in [-0.25, -0.2) is 0 Å². The molecule has 9 heteroatoms. The molecule has 1 N–H and O–H groups in total. The van der Waals surface area contributed by atoms with Crippen molar-refractivity contribution in [3.63, 3.8) is 0 Å². The predicted octanol–water partition coefficient (Wildman–Crippen LogP) is 2.97. The lowest BCUT2D eigenvalue weighted by Crippen LogP contribution is -2.22. The molecule has 0 saturated carbocycles. The van der Waals surface area contributed by atoms with E-state index >= 15 is 0 Å². The van der Waals surface area contributed by atoms with Gasteiger partial charge in [0.25, 0.3) is 5.91 Å². The summed E-state index contributed by atoms with van der Waals surface area (Å²) in [5.41, 5.74) is 2.41. The lowest BCUT2D eigenvalue weighted by atomic mass is 10.1. The van der Waals surface area contributed by atoms with E-state index in [4.69, 9.17) is 18.4 Å². The van der Waals surface area contributed by atoms with E-state index in [0.29, 0.717) is 29.6 Å². The lowest BCUT2D eigenvalue weighted by molar-refractivity contribution is 0.0910. The second kappa shape index (κ2) is 7.70. The van der Waals surface area contributed by atoms with Crippen LogP contribution in [0.3, 0.4) is 0 Å². The Balaban J connectivity index is 1.19. The summed E-state index contributed by atoms with van der Waals surface area (Å²) in [6.45, 7) is 0.302. The van der Waals surface area contributed by atoms with Crippen molar-refractivity contribution in [2.45, 2.75) is 13.0 Å². The van der Waals surface area contributed by atoms with Crippen molar-refractivity contribution < 1.29 is 23.2 Å². The van der Waals surface area contributed by atoms with Gasteiger partial charge in [-0.1, -0.05) is 29.4 Å². The van der Waals surface area contributed by atoms with Gasteiger partial charge in [-0.15, -0.1) is 10.2 Å². The molecule has 1 aliphatic heterocycles. The normalized spacial score (nSPS) is 12.1. The standard InChI is InChI=1S/C21H16N4O5/c26-20(22-11-19-23-24-21(29-19)14-4-2-1-3-5-14)18-10-15(25-30-18)8-13-6-7-16-17(9-13)28-12-27-16/h1-7,9-10H,8,11-12H2,(H,22,26). The topological polar surface area (TPSA) is 113 Å². The highest BCUT2D eigenvalue weighted by atomic mass is 16.7. The van der Waals surface area contributed by atoms with Crippen molar-refractivity contribution in [3.8, 4) is 23.0 Å². The van der Waals surface area contributed by atoms with Gasteiger partial charge in [0.1, 0.15) is 0 Å². The third-order valence-electron chi connectivity index (χ3n) is 4.49. The first-order chi connectivity index (χ1) is 14.7. The number of benzene rings is 2. The number of fused-ring (bicyclic) bond motifs is 1. The molecule has 0 fully saturated rings. The maximum atomic E-state index is 12.3. The van der Waals surface area contributed by atoms with Gasteiger partial charge < -0.3 is 23.7 Å². The van der Waals surface area contributed by atoms with Crippen LogP contribution in [0.15, 0.2) is 63.5 Å². The van der Waals surface area contributed by atoms with E-state index in [1.807, 2.05) is 48.5 Å². The molecule has 2 aromatic heterocycles. The van der Waals surface area contributed by atoms with E-state index in [-0.39, 0.29) is 19.1 Å². The van der Waals surface area contributed by atoms with Crippen molar-refractivity contribution in [1.29, 1.82) is 0 Å². The van der Waals surface area contributed by atoms with Crippen molar-refractivity contribution in [2.24, 2.45) is 0 Å². The molecule has 2 aromatic carbocycles. The zero-order chi connectivity index (χ0) is 20.3. The summed E-state index contributed by atoms with van der Waals surface area (Å²) < 4.78 is 21.4. The number of ether oxygens (including phenoxy) is 2. The van der Waals surface area contributed by atoms with Crippen LogP contribution in [0.5, 0.6) is 11.5 Å². The molecule has 1 amide bonds. The summed E-state index contributed by atoms with van der Waals surface area (Å²) in [6.07, 6.45) is 0.498. The molecule has 0 atom stereocenters. The second-order valence-corrected chi connectivity index (χ2v) is 6.60. The summed E-state index contributed by atoms with van der Waals surface area (Å²) in [4.78, 5) is 12.3. The highest BCUT2D eigenvalue weighted by Crippen LogP contribution is 2.33. The zero-order valence-corrected chi connectivity index (χ0v) is 15.7. The third kappa shape index (κ3) is 3.72. The SMILES string of the molecule is O=C(NCc1nnc(-c2ccccc2)o1)c1cc(Cc2ccc3c(c2)OCO3)no1. The van der Waals surface area contributed by atoms with Gasteiger partial charge in [0.15, 0.2) is 11.5 Å². The Morgan fingerprint density at radius 2 is 1.87 bits per heavy atom. The molecule has 0 unspecified atom stereocenters. The van der Waals surface area contributed by atoms with Crippen LogP contribution in [0, 0.1) is 0 Å². The number of carbonyl (C=O) groups excluding carboxylic acids is 1. The van der Waals surface area contributed by atoms with Crippen molar-refractivity contribution in [2.75, 3.05) is 6.79 Å². The maximum absolute atomic E-state index is 12.3. The number of nitrogens with zero attached hydrogens (tertiary/aromatic N) is 3. The Bertz CT molecular complexity index is 1190. The van der Waals surface area contributed by atoms with Crippen LogP contribution in [-0.2, 0) is 13.0 Å². The Hall–Kier alpha value is -4.14. The molecule has 3 heterocycles. The van der Waals surface area contributed by atoms with E-state index in [0.717, 1.165) is 16.9 Å². The highest BCUT2D eigenvalue weighted by molar-refractivity contribution is 5.91. The molecule has 1 aliphatic rings. The van der Waals surface area contributed by atoms with Crippen LogP contribution in [-0.4, -0.2) is 28.1 Å². The minimum Gasteiger partial charge on any atom is -0.454 e. The smallest absolute Gasteiger partial charge is 0.290 e. The molecular weight excluding hydrogens is 388 g/mol. The zero-order valence-electron chi connectivity index (χ0n) is 15.7. The van der Waals surface area contributed by atoms with Crippen molar-refractivity contribution >= 4 is 5.91 Å². The summed E-state index contributed by atoms with van der Waals surface area (Å²) in [7, 11) is 0. The number of rotatable bonds is 6. The first-order valence-electron chi connectivity index (χ1n) is 9.25. The van der Waals surface area contributed by atoms with E-state index in [1.54, 1.807) is 6.07 Å². The van der Waals surface area contributed by atoms with Gasteiger partial charge in [-0.2, -0.15) is 0 Å². The lowest BCUT2D eigenvalue weighted by Gasteiger charge is -2.00. The second-order valence-electron chi connectivity index (χ2n) is 6.60. The van der Waals surface area contributed by atoms with Crippen LogP contribution in [0.2, 0.25) is 0 Å². The summed E-state index contributed by atoms with van der Waals surface area (Å²) in [5, 5.41) is 14.6. The molecule has 0 radical (unpaired) electrons. The number of amides is 1. The van der Waals surface area contributed by atoms with Crippen molar-refractivity contribution in [1.82, 2.24) is 20.7 Å². The quantitative estimate of drug-likeness (QED) is 0.522. The fourth-order valence-corrected chi connectivity index (χ4v) is 3.03. The van der Waals surface area contributed by atoms with Gasteiger partial charge in [0, 0.05) is 18.1 Å². The molecule has 30 heavy (non-hydrogen) atoms. The Labute approximate surface area is 170 Å². The fourth-order valence-electron chi connectivity index (χ4n) is 3.03. The van der Waals surface area contributed by atoms with E-state index in [2.05, 4.69) is 20.7 Å². The van der Waals surface area contributed by atoms with Gasteiger partial charge in [0.2, 0.25) is 24.3 Å². The number of hydrogen-bond donors (Lipinski definition) is 1. The van der Waals surface area contributed by atoms with Crippen LogP contribution >= 0.6 is 0 Å². The van der Waals surface area contributed by atoms with Gasteiger partial charge >= 0.3 is 0 Å². The summed E-state index contributed by atoms with van der Waals surface area (Å²) >= 11 is 0. The molecule has 4 aromatic rings. The van der Waals surface area contributed by atoms with E-state index in [9.17, 15) is 4.79 Å². The third-order valence-corrected chi connectivity index (χ3v) is 4.49. The number of carbonyl (C=O) groups is 1. The van der Waals surface area contributed by atoms with Gasteiger partial charge in [0.05, 0.1) is 12.2 Å². The number of nitrogens with one attached hydrogen (secondary N) is 1. The minimum atomic E-state index is -0.418. The molecule has 0 aliphatic carbocycles. The average molecular weight is 404 g/mol. The number of aromatic nitrogens is 3. The summed E-state index contributed by atoms with van der Waals surface area (Å²) in [6, 6.07) is 16.6. The molecule has 150 valence electrons. The first-order valence-corrected chi connectivity index (χ1v) is 9.25. The number of hydrogen-bond acceptors (Lipinski definition) is 8. The largest absolute Gasteiger partial charge is 0.454 e. The van der Waals surface area contributed by atoms with Crippen LogP contribution in [0.4, 0.5) is 0 Å². The minimum absolute atomic E-state index is 0.0802. The molecule has 0 spiro atoms. The average Bonchev–Trinajstić information content (AvgIpc) is 3.53. The molecule has 0 saturated heterocycles. The van der Waals surface area contributed by atoms with Crippen LogP contribution in [0.25, 0.3) is 11.5 Å². The Kier molecular flexibility index (Phi) is 4.60. The Morgan fingerprint density at radius 1 is 1.00 bits per heavy atom. The van der Waals surface area contributed by atoms with Gasteiger partial charge in [-0.3, -0.25) is 4.79 Å². The van der Waals surface area contributed by atoms with E-state index in [1.165, 1.54) is 0 Å². The van der Waals surface area contributed by atoms with Crippen molar-refractivity contribution in [3.05, 3.63) is 77.5 Å². The molecular formula is C21H16N4O5. The van der Waals surface area contributed by atoms with Gasteiger partial charge in [-0.05, 0) is 29.8 Å². The highest BCUT2D eigenvalue weighted by Gasteiger charge is 2.17. The predicted molar refractivity (Wildman–Crippen MR) is 103 cm³/mol. The molecule has 9 nitrogen and oxygen atoms in total. The molecule has 0 bridgehead atoms. The monoisotopic (exact) mass is 404 g/mol. The van der Waals surface area contributed by atoms with Crippen LogP contribution < -0.4 is 14.8 Å². The van der Waals surface area contributed by atoms with Crippen LogP contribution in [0.1, 0.15) is 27.7 Å².